The number of rotatable bonds is 2. The molecule has 75 valence electrons. The molecule has 0 N–H and O–H groups in total. The molecule has 2 rings (SSSR count). The molecule has 1 aromatic carbocycles. The van der Waals surface area contributed by atoms with Gasteiger partial charge in [-0.2, -0.15) is 15.0 Å². The molecule has 0 spiro atoms. The van der Waals surface area contributed by atoms with Crippen molar-refractivity contribution in [2.45, 2.75) is 17.0 Å². The molecule has 0 unspecified atom stereocenters. The number of nitrogens with zero attached hydrogens (tertiary/aromatic N) is 3. The van der Waals surface area contributed by atoms with Crippen LogP contribution in [0.3, 0.4) is 0 Å². The first-order valence-corrected chi connectivity index (χ1v) is 5.45. The summed E-state index contributed by atoms with van der Waals surface area (Å²) >= 11 is 7.06. The highest BCUT2D eigenvalue weighted by atomic mass is 35.5. The predicted molar refractivity (Wildman–Crippen MR) is 59.0 cm³/mol. The Morgan fingerprint density at radius 3 is 2.60 bits per heavy atom. The highest BCUT2D eigenvalue weighted by Crippen LogP contribution is 2.24. The minimum Gasteiger partial charge on any atom is -0.199 e. The van der Waals surface area contributed by atoms with Gasteiger partial charge in [-0.3, -0.25) is 0 Å². The zero-order chi connectivity index (χ0) is 10.7. The zero-order valence-electron chi connectivity index (χ0n) is 7.94. The van der Waals surface area contributed by atoms with Crippen LogP contribution in [0.25, 0.3) is 0 Å². The van der Waals surface area contributed by atoms with Gasteiger partial charge in [0, 0.05) is 4.90 Å². The Hall–Kier alpha value is -1.13. The first kappa shape index (κ1) is 10.4. The van der Waals surface area contributed by atoms with Gasteiger partial charge < -0.3 is 0 Å². The highest BCUT2D eigenvalue weighted by Gasteiger charge is 2.01. The van der Waals surface area contributed by atoms with E-state index in [1.807, 2.05) is 31.2 Å². The Morgan fingerprint density at radius 2 is 1.93 bits per heavy atom. The molecule has 0 atom stereocenters. The summed E-state index contributed by atoms with van der Waals surface area (Å²) in [6.07, 6.45) is 2.45. The van der Waals surface area contributed by atoms with Gasteiger partial charge in [0.05, 0.1) is 0 Å². The molecule has 0 fully saturated rings. The Bertz CT molecular complexity index is 458. The quantitative estimate of drug-likeness (QED) is 0.804. The molecule has 0 amide bonds. The van der Waals surface area contributed by atoms with E-state index in [0.717, 1.165) is 4.90 Å². The Balaban J connectivity index is 2.18. The second kappa shape index (κ2) is 4.59. The maximum atomic E-state index is 5.63. The van der Waals surface area contributed by atoms with Gasteiger partial charge in [0.15, 0.2) is 5.16 Å². The Morgan fingerprint density at radius 1 is 1.20 bits per heavy atom. The van der Waals surface area contributed by atoms with Crippen LogP contribution in [-0.4, -0.2) is 15.0 Å². The standard InChI is InChI=1S/C10H7ClN3S/c1-7-2-4-8(5-3-7)15-10-13-6-12-9(11)14-10/h2-5H,1H3. The van der Waals surface area contributed by atoms with Crippen LogP contribution in [-0.2, 0) is 0 Å². The van der Waals surface area contributed by atoms with Crippen LogP contribution in [0.5, 0.6) is 0 Å². The minimum atomic E-state index is 0.166. The number of halogens is 1. The van der Waals surface area contributed by atoms with Crippen molar-refractivity contribution < 1.29 is 0 Å². The van der Waals surface area contributed by atoms with E-state index in [-0.39, 0.29) is 5.28 Å². The third-order valence-electron chi connectivity index (χ3n) is 1.71. The fourth-order valence-electron chi connectivity index (χ4n) is 0.995. The fourth-order valence-corrected chi connectivity index (χ4v) is 1.86. The second-order valence-corrected chi connectivity index (χ2v) is 4.28. The summed E-state index contributed by atoms with van der Waals surface area (Å²) in [6, 6.07) is 8.10. The van der Waals surface area contributed by atoms with E-state index >= 15 is 0 Å². The van der Waals surface area contributed by atoms with Crippen molar-refractivity contribution in [2.24, 2.45) is 0 Å². The van der Waals surface area contributed by atoms with Crippen LogP contribution in [0.2, 0.25) is 5.28 Å². The summed E-state index contributed by atoms with van der Waals surface area (Å²) in [7, 11) is 0. The van der Waals surface area contributed by atoms with E-state index in [4.69, 9.17) is 11.6 Å². The van der Waals surface area contributed by atoms with E-state index in [0.29, 0.717) is 5.16 Å². The van der Waals surface area contributed by atoms with Crippen LogP contribution < -0.4 is 0 Å². The van der Waals surface area contributed by atoms with Crippen LogP contribution in [0, 0.1) is 13.3 Å². The van der Waals surface area contributed by atoms with Crippen molar-refractivity contribution in [3.8, 4) is 0 Å². The average molecular weight is 237 g/mol. The molecule has 0 saturated carbocycles. The van der Waals surface area contributed by atoms with Crippen LogP contribution in [0.15, 0.2) is 34.3 Å². The third kappa shape index (κ3) is 2.91. The maximum absolute atomic E-state index is 5.63. The molecular weight excluding hydrogens is 230 g/mol. The molecular formula is C10H7ClN3S. The normalized spacial score (nSPS) is 10.3. The van der Waals surface area contributed by atoms with Crippen molar-refractivity contribution in [3.05, 3.63) is 41.4 Å². The van der Waals surface area contributed by atoms with E-state index in [9.17, 15) is 0 Å². The molecule has 3 nitrogen and oxygen atoms in total. The van der Waals surface area contributed by atoms with E-state index < -0.39 is 0 Å². The number of benzene rings is 1. The lowest BCUT2D eigenvalue weighted by Crippen LogP contribution is -1.89. The molecule has 0 bridgehead atoms. The predicted octanol–water partition coefficient (Wildman–Crippen LogP) is 2.78. The van der Waals surface area contributed by atoms with E-state index in [1.165, 1.54) is 17.3 Å². The first-order chi connectivity index (χ1) is 7.24. The van der Waals surface area contributed by atoms with Crippen molar-refractivity contribution >= 4 is 23.4 Å². The van der Waals surface area contributed by atoms with Gasteiger partial charge in [0.25, 0.3) is 0 Å². The molecule has 2 aromatic rings. The summed E-state index contributed by atoms with van der Waals surface area (Å²) in [6.45, 7) is 2.04. The van der Waals surface area contributed by atoms with Gasteiger partial charge in [-0.05, 0) is 42.4 Å². The van der Waals surface area contributed by atoms with Crippen LogP contribution in [0.1, 0.15) is 5.56 Å². The first-order valence-electron chi connectivity index (χ1n) is 4.26. The molecule has 0 aliphatic rings. The second-order valence-electron chi connectivity index (χ2n) is 2.90. The van der Waals surface area contributed by atoms with Gasteiger partial charge in [-0.1, -0.05) is 17.7 Å². The third-order valence-corrected chi connectivity index (χ3v) is 2.75. The largest absolute Gasteiger partial charge is 0.227 e. The van der Waals surface area contributed by atoms with E-state index in [2.05, 4.69) is 21.3 Å². The number of aryl methyl sites for hydroxylation is 1. The lowest BCUT2D eigenvalue weighted by Gasteiger charge is -1.99. The number of hydrogen-bond acceptors (Lipinski definition) is 4. The SMILES string of the molecule is Cc1ccc(Sc2n[c]nc(Cl)n2)cc1. The summed E-state index contributed by atoms with van der Waals surface area (Å²) in [4.78, 5) is 12.5. The number of hydrogen-bond donors (Lipinski definition) is 0. The van der Waals surface area contributed by atoms with Gasteiger partial charge in [-0.15, -0.1) is 0 Å². The Labute approximate surface area is 96.9 Å². The molecule has 15 heavy (non-hydrogen) atoms. The molecule has 0 saturated heterocycles. The van der Waals surface area contributed by atoms with Crippen LogP contribution >= 0.6 is 23.4 Å². The Kier molecular flexibility index (Phi) is 3.18. The highest BCUT2D eigenvalue weighted by molar-refractivity contribution is 7.99. The summed E-state index contributed by atoms with van der Waals surface area (Å²) < 4.78 is 0. The van der Waals surface area contributed by atoms with Gasteiger partial charge >= 0.3 is 0 Å². The summed E-state index contributed by atoms with van der Waals surface area (Å²) in [5, 5.41) is 0.721. The molecule has 0 aliphatic heterocycles. The van der Waals surface area contributed by atoms with Crippen molar-refractivity contribution in [2.75, 3.05) is 0 Å². The monoisotopic (exact) mass is 236 g/mol. The van der Waals surface area contributed by atoms with Crippen molar-refractivity contribution in [3.63, 3.8) is 0 Å². The summed E-state index contributed by atoms with van der Waals surface area (Å²) in [5.74, 6) is 0. The fraction of sp³-hybridized carbons (Fsp3) is 0.100. The van der Waals surface area contributed by atoms with Crippen molar-refractivity contribution in [1.29, 1.82) is 0 Å². The van der Waals surface area contributed by atoms with Crippen LogP contribution in [0.4, 0.5) is 0 Å². The molecule has 1 radical (unpaired) electrons. The number of aromatic nitrogens is 3. The lowest BCUT2D eigenvalue weighted by molar-refractivity contribution is 0.894. The molecule has 1 aromatic heterocycles. The molecule has 0 aliphatic carbocycles. The topological polar surface area (TPSA) is 38.7 Å². The summed E-state index contributed by atoms with van der Waals surface area (Å²) in [5.41, 5.74) is 1.22. The van der Waals surface area contributed by atoms with Crippen molar-refractivity contribution in [1.82, 2.24) is 15.0 Å². The molecule has 1 heterocycles. The zero-order valence-corrected chi connectivity index (χ0v) is 9.51. The lowest BCUT2D eigenvalue weighted by atomic mass is 10.2. The van der Waals surface area contributed by atoms with Gasteiger partial charge in [0.1, 0.15) is 0 Å². The smallest absolute Gasteiger partial charge is 0.199 e. The van der Waals surface area contributed by atoms with E-state index in [1.54, 1.807) is 0 Å². The van der Waals surface area contributed by atoms with Gasteiger partial charge in [-0.25, -0.2) is 0 Å². The minimum absolute atomic E-state index is 0.166. The molecule has 5 heteroatoms. The maximum Gasteiger partial charge on any atom is 0.227 e. The average Bonchev–Trinajstić information content (AvgIpc) is 2.22. The van der Waals surface area contributed by atoms with Gasteiger partial charge in [0.2, 0.25) is 11.6 Å².